The molecule has 0 atom stereocenters. The predicted molar refractivity (Wildman–Crippen MR) is 70.9 cm³/mol. The van der Waals surface area contributed by atoms with E-state index in [1.807, 2.05) is 11.5 Å². The quantitative estimate of drug-likeness (QED) is 0.755. The Kier molecular flexibility index (Phi) is 4.53. The molecule has 0 aliphatic rings. The first-order valence-electron chi connectivity index (χ1n) is 6.21. The van der Waals surface area contributed by atoms with Crippen LogP contribution in [0, 0.1) is 0 Å². The van der Waals surface area contributed by atoms with Gasteiger partial charge < -0.3 is 14.8 Å². The zero-order valence-electron chi connectivity index (χ0n) is 11.1. The van der Waals surface area contributed by atoms with Crippen LogP contribution in [-0.4, -0.2) is 23.1 Å². The topological polar surface area (TPSA) is 116 Å². The number of nitrogens with zero attached hydrogens (tertiary/aromatic N) is 3. The molecule has 3 N–H and O–H groups in total. The molecule has 0 amide bonds. The fourth-order valence-electron chi connectivity index (χ4n) is 1.81. The molecule has 2 rings (SSSR count). The van der Waals surface area contributed by atoms with Gasteiger partial charge in [-0.15, -0.1) is 0 Å². The average molecular weight is 299 g/mol. The van der Waals surface area contributed by atoms with Crippen molar-refractivity contribution in [3.63, 3.8) is 0 Å². The second-order valence-corrected chi connectivity index (χ2v) is 6.00. The summed E-state index contributed by atoms with van der Waals surface area (Å²) in [7, 11) is -3.61. The molecule has 0 radical (unpaired) electrons. The van der Waals surface area contributed by atoms with Crippen molar-refractivity contribution in [2.45, 2.75) is 37.9 Å². The maximum atomic E-state index is 12.2. The molecule has 0 unspecified atom stereocenters. The molecule has 20 heavy (non-hydrogen) atoms. The van der Waals surface area contributed by atoms with Crippen molar-refractivity contribution in [3.8, 4) is 0 Å². The van der Waals surface area contributed by atoms with Gasteiger partial charge in [0.25, 0.3) is 0 Å². The lowest BCUT2D eigenvalue weighted by atomic mass is 10.4. The number of nitrogens with two attached hydrogens (primary N) is 1. The van der Waals surface area contributed by atoms with Gasteiger partial charge in [0.15, 0.2) is 5.82 Å². The molecule has 2 aromatic heterocycles. The van der Waals surface area contributed by atoms with Crippen LogP contribution in [-0.2, 0) is 29.7 Å². The van der Waals surface area contributed by atoms with Crippen molar-refractivity contribution >= 4 is 10.0 Å². The molecule has 0 saturated heterocycles. The van der Waals surface area contributed by atoms with E-state index < -0.39 is 10.0 Å². The third kappa shape index (κ3) is 3.24. The molecule has 8 nitrogen and oxygen atoms in total. The molecule has 0 aliphatic heterocycles. The predicted octanol–water partition coefficient (Wildman–Crippen LogP) is 0.218. The Morgan fingerprint density at radius 1 is 1.50 bits per heavy atom. The summed E-state index contributed by atoms with van der Waals surface area (Å²) in [5.41, 5.74) is 6.40. The van der Waals surface area contributed by atoms with E-state index in [0.29, 0.717) is 6.54 Å². The lowest BCUT2D eigenvalue weighted by Gasteiger charge is -2.04. The van der Waals surface area contributed by atoms with Crippen molar-refractivity contribution in [3.05, 3.63) is 30.2 Å². The van der Waals surface area contributed by atoms with E-state index in [1.54, 1.807) is 12.3 Å². The third-order valence-corrected chi connectivity index (χ3v) is 4.14. The molecule has 0 aliphatic carbocycles. The highest BCUT2D eigenvalue weighted by Crippen LogP contribution is 2.15. The van der Waals surface area contributed by atoms with E-state index in [1.165, 1.54) is 0 Å². The van der Waals surface area contributed by atoms with Crippen molar-refractivity contribution in [1.29, 1.82) is 0 Å². The Morgan fingerprint density at radius 2 is 2.30 bits per heavy atom. The van der Waals surface area contributed by atoms with Gasteiger partial charge in [-0.05, 0) is 12.5 Å². The van der Waals surface area contributed by atoms with Crippen molar-refractivity contribution in [1.82, 2.24) is 19.4 Å². The van der Waals surface area contributed by atoms with Crippen LogP contribution in [0.15, 0.2) is 28.1 Å². The number of sulfonamides is 1. The first-order valence-corrected chi connectivity index (χ1v) is 7.69. The number of rotatable bonds is 7. The Balaban J connectivity index is 2.16. The van der Waals surface area contributed by atoms with Crippen LogP contribution in [0.2, 0.25) is 0 Å². The number of aryl methyl sites for hydroxylation is 1. The number of aromatic nitrogens is 3. The monoisotopic (exact) mass is 299 g/mol. The number of nitrogens with one attached hydrogen (secondary N) is 1. The Hall–Kier alpha value is -1.71. The molecule has 2 heterocycles. The van der Waals surface area contributed by atoms with Crippen molar-refractivity contribution in [2.24, 2.45) is 5.73 Å². The van der Waals surface area contributed by atoms with Crippen LogP contribution in [0.4, 0.5) is 0 Å². The summed E-state index contributed by atoms with van der Waals surface area (Å²) in [6.07, 6.45) is 3.63. The van der Waals surface area contributed by atoms with Gasteiger partial charge in [-0.25, -0.2) is 13.1 Å². The minimum atomic E-state index is -3.61. The second-order valence-electron chi connectivity index (χ2n) is 4.24. The van der Waals surface area contributed by atoms with Crippen molar-refractivity contribution in [2.75, 3.05) is 0 Å². The average Bonchev–Trinajstić information content (AvgIpc) is 3.06. The van der Waals surface area contributed by atoms with E-state index >= 15 is 0 Å². The summed E-state index contributed by atoms with van der Waals surface area (Å²) < 4.78 is 33.1. The first kappa shape index (κ1) is 14.7. The zero-order valence-corrected chi connectivity index (χ0v) is 11.9. The molecule has 0 saturated carbocycles. The molecule has 0 aromatic carbocycles. The molecule has 2 aromatic rings. The molecular weight excluding hydrogens is 282 g/mol. The van der Waals surface area contributed by atoms with Crippen LogP contribution in [0.3, 0.4) is 0 Å². The van der Waals surface area contributed by atoms with Crippen LogP contribution >= 0.6 is 0 Å². The Labute approximate surface area is 117 Å². The van der Waals surface area contributed by atoms with Gasteiger partial charge in [-0.1, -0.05) is 12.1 Å². The standard InChI is InChI=1S/C11H17N5O3S/c1-2-3-16-7-10(4-9(16)5-12)20(17,18)14-6-11-13-8-19-15-11/h4,7-8,14H,2-3,5-6,12H2,1H3. The lowest BCUT2D eigenvalue weighted by molar-refractivity contribution is 0.409. The van der Waals surface area contributed by atoms with E-state index in [9.17, 15) is 8.42 Å². The Morgan fingerprint density at radius 3 is 2.90 bits per heavy atom. The smallest absolute Gasteiger partial charge is 0.242 e. The van der Waals surface area contributed by atoms with E-state index in [4.69, 9.17) is 5.73 Å². The van der Waals surface area contributed by atoms with E-state index in [-0.39, 0.29) is 17.3 Å². The largest absolute Gasteiger partial charge is 0.349 e. The van der Waals surface area contributed by atoms with Gasteiger partial charge in [-0.3, -0.25) is 0 Å². The third-order valence-electron chi connectivity index (χ3n) is 2.77. The minimum absolute atomic E-state index is 0.0181. The van der Waals surface area contributed by atoms with E-state index in [0.717, 1.165) is 25.1 Å². The first-order chi connectivity index (χ1) is 9.56. The molecular formula is C11H17N5O3S. The summed E-state index contributed by atoms with van der Waals surface area (Å²) in [4.78, 5) is 3.94. The molecule has 0 fully saturated rings. The highest BCUT2D eigenvalue weighted by atomic mass is 32.2. The molecule has 0 bridgehead atoms. The maximum absolute atomic E-state index is 12.2. The summed E-state index contributed by atoms with van der Waals surface area (Å²) >= 11 is 0. The summed E-state index contributed by atoms with van der Waals surface area (Å²) in [6, 6.07) is 1.58. The van der Waals surface area contributed by atoms with Crippen LogP contribution in [0.1, 0.15) is 24.9 Å². The van der Waals surface area contributed by atoms with Gasteiger partial charge in [0.1, 0.15) is 0 Å². The highest BCUT2D eigenvalue weighted by Gasteiger charge is 2.18. The number of hydrogen-bond donors (Lipinski definition) is 2. The summed E-state index contributed by atoms with van der Waals surface area (Å²) in [5, 5.41) is 3.54. The van der Waals surface area contributed by atoms with E-state index in [2.05, 4.69) is 19.4 Å². The fourth-order valence-corrected chi connectivity index (χ4v) is 2.85. The normalized spacial score (nSPS) is 11.9. The molecule has 9 heteroatoms. The fraction of sp³-hybridized carbons (Fsp3) is 0.455. The van der Waals surface area contributed by atoms with Gasteiger partial charge >= 0.3 is 0 Å². The summed E-state index contributed by atoms with van der Waals surface area (Å²) in [6.45, 7) is 3.02. The van der Waals surface area contributed by atoms with Crippen LogP contribution in [0.5, 0.6) is 0 Å². The van der Waals surface area contributed by atoms with Crippen LogP contribution < -0.4 is 10.5 Å². The minimum Gasteiger partial charge on any atom is -0.349 e. The Bertz CT molecular complexity index is 648. The summed E-state index contributed by atoms with van der Waals surface area (Å²) in [5.74, 6) is 0.278. The molecule has 110 valence electrons. The van der Waals surface area contributed by atoms with Gasteiger partial charge in [0.05, 0.1) is 11.4 Å². The van der Waals surface area contributed by atoms with Gasteiger partial charge in [0.2, 0.25) is 16.4 Å². The van der Waals surface area contributed by atoms with Crippen molar-refractivity contribution < 1.29 is 12.9 Å². The molecule has 0 spiro atoms. The van der Waals surface area contributed by atoms with Gasteiger partial charge in [-0.2, -0.15) is 4.98 Å². The SMILES string of the molecule is CCCn1cc(S(=O)(=O)NCc2ncon2)cc1CN. The lowest BCUT2D eigenvalue weighted by Crippen LogP contribution is -2.23. The van der Waals surface area contributed by atoms with Crippen LogP contribution in [0.25, 0.3) is 0 Å². The highest BCUT2D eigenvalue weighted by molar-refractivity contribution is 7.89. The zero-order chi connectivity index (χ0) is 14.6. The maximum Gasteiger partial charge on any atom is 0.242 e. The second kappa shape index (κ2) is 6.16. The van der Waals surface area contributed by atoms with Gasteiger partial charge in [0, 0.05) is 25.0 Å². The number of hydrogen-bond acceptors (Lipinski definition) is 6.